The van der Waals surface area contributed by atoms with E-state index in [2.05, 4.69) is 0 Å². The summed E-state index contributed by atoms with van der Waals surface area (Å²) >= 11 is 0. The van der Waals surface area contributed by atoms with Crippen molar-refractivity contribution in [1.29, 1.82) is 0 Å². The SMILES string of the molecule is COP(=O)(CC(=O)CC1CCC(OC2CCCCO2)CC1)OC. The Morgan fingerprint density at radius 3 is 2.35 bits per heavy atom. The number of ether oxygens (including phenoxy) is 2. The van der Waals surface area contributed by atoms with Gasteiger partial charge in [-0.05, 0) is 50.9 Å². The lowest BCUT2D eigenvalue weighted by Gasteiger charge is -2.32. The number of hydrogen-bond acceptors (Lipinski definition) is 6. The number of rotatable bonds is 8. The van der Waals surface area contributed by atoms with Crippen LogP contribution in [0.25, 0.3) is 0 Å². The van der Waals surface area contributed by atoms with Crippen molar-refractivity contribution < 1.29 is 27.9 Å². The highest BCUT2D eigenvalue weighted by molar-refractivity contribution is 7.54. The minimum Gasteiger partial charge on any atom is -0.353 e. The molecule has 1 saturated heterocycles. The minimum atomic E-state index is -3.23. The summed E-state index contributed by atoms with van der Waals surface area (Å²) in [5.41, 5.74) is 0. The summed E-state index contributed by atoms with van der Waals surface area (Å²) in [7, 11) is -0.606. The van der Waals surface area contributed by atoms with Crippen LogP contribution in [0.1, 0.15) is 51.4 Å². The molecule has 23 heavy (non-hydrogen) atoms. The maximum Gasteiger partial charge on any atom is 0.337 e. The van der Waals surface area contributed by atoms with Gasteiger partial charge in [-0.25, -0.2) is 0 Å². The molecule has 2 aliphatic rings. The topological polar surface area (TPSA) is 71.1 Å². The van der Waals surface area contributed by atoms with Crippen LogP contribution in [0.15, 0.2) is 0 Å². The van der Waals surface area contributed by atoms with E-state index in [0.717, 1.165) is 45.1 Å². The van der Waals surface area contributed by atoms with Crippen molar-refractivity contribution in [1.82, 2.24) is 0 Å². The summed E-state index contributed by atoms with van der Waals surface area (Å²) in [4.78, 5) is 12.1. The van der Waals surface area contributed by atoms with Crippen molar-refractivity contribution in [3.05, 3.63) is 0 Å². The van der Waals surface area contributed by atoms with E-state index < -0.39 is 7.60 Å². The zero-order chi connectivity index (χ0) is 16.7. The van der Waals surface area contributed by atoms with Crippen LogP contribution in [0.2, 0.25) is 0 Å². The maximum absolute atomic E-state index is 12.1. The number of ketones is 1. The van der Waals surface area contributed by atoms with Gasteiger partial charge in [0.15, 0.2) is 6.29 Å². The van der Waals surface area contributed by atoms with Crippen molar-refractivity contribution in [3.8, 4) is 0 Å². The van der Waals surface area contributed by atoms with E-state index in [-0.39, 0.29) is 24.3 Å². The van der Waals surface area contributed by atoms with E-state index in [1.54, 1.807) is 0 Å². The molecule has 0 amide bonds. The summed E-state index contributed by atoms with van der Waals surface area (Å²) in [5.74, 6) is 0.300. The Balaban J connectivity index is 1.67. The van der Waals surface area contributed by atoms with Crippen LogP contribution in [0.4, 0.5) is 0 Å². The quantitative estimate of drug-likeness (QED) is 0.625. The predicted octanol–water partition coefficient (Wildman–Crippen LogP) is 3.53. The zero-order valence-electron chi connectivity index (χ0n) is 14.2. The van der Waals surface area contributed by atoms with E-state index in [1.165, 1.54) is 20.6 Å². The predicted molar refractivity (Wildman–Crippen MR) is 86.5 cm³/mol. The molecule has 0 N–H and O–H groups in total. The highest BCUT2D eigenvalue weighted by Crippen LogP contribution is 2.46. The van der Waals surface area contributed by atoms with Crippen LogP contribution < -0.4 is 0 Å². The highest BCUT2D eigenvalue weighted by Gasteiger charge is 2.30. The van der Waals surface area contributed by atoms with Crippen LogP contribution in [-0.2, 0) is 27.9 Å². The smallest absolute Gasteiger partial charge is 0.337 e. The minimum absolute atomic E-state index is 0.0405. The molecule has 2 fully saturated rings. The Morgan fingerprint density at radius 2 is 1.78 bits per heavy atom. The lowest BCUT2D eigenvalue weighted by atomic mass is 9.84. The van der Waals surface area contributed by atoms with E-state index in [4.69, 9.17) is 18.5 Å². The number of hydrogen-bond donors (Lipinski definition) is 0. The third kappa shape index (κ3) is 6.28. The highest BCUT2D eigenvalue weighted by atomic mass is 31.2. The fraction of sp³-hybridized carbons (Fsp3) is 0.938. The molecule has 0 aromatic carbocycles. The summed E-state index contributed by atoms with van der Waals surface area (Å²) in [6.07, 6.45) is 7.66. The van der Waals surface area contributed by atoms with Gasteiger partial charge < -0.3 is 18.5 Å². The Kier molecular flexibility index (Phi) is 7.70. The first kappa shape index (κ1) is 19.1. The molecular weight excluding hydrogens is 319 g/mol. The Labute approximate surface area is 138 Å². The summed E-state index contributed by atoms with van der Waals surface area (Å²) < 4.78 is 33.3. The molecule has 2 rings (SSSR count). The summed E-state index contributed by atoms with van der Waals surface area (Å²) in [5, 5.41) is 0. The first-order valence-electron chi connectivity index (χ1n) is 8.54. The molecule has 1 unspecified atom stereocenters. The fourth-order valence-electron chi connectivity index (χ4n) is 3.31. The lowest BCUT2D eigenvalue weighted by molar-refractivity contribution is -0.194. The van der Waals surface area contributed by atoms with Crippen LogP contribution in [0.5, 0.6) is 0 Å². The van der Waals surface area contributed by atoms with E-state index >= 15 is 0 Å². The second-order valence-corrected chi connectivity index (χ2v) is 8.72. The molecule has 1 aliphatic carbocycles. The average molecular weight is 348 g/mol. The van der Waals surface area contributed by atoms with Crippen molar-refractivity contribution in [2.75, 3.05) is 27.0 Å². The first-order chi connectivity index (χ1) is 11.0. The van der Waals surface area contributed by atoms with Gasteiger partial charge in [0, 0.05) is 27.2 Å². The molecule has 0 aromatic rings. The third-order valence-corrected chi connectivity index (χ3v) is 6.57. The van der Waals surface area contributed by atoms with Gasteiger partial charge in [-0.3, -0.25) is 9.36 Å². The van der Waals surface area contributed by atoms with Crippen LogP contribution in [-0.4, -0.2) is 45.2 Å². The van der Waals surface area contributed by atoms with E-state index in [0.29, 0.717) is 12.3 Å². The Morgan fingerprint density at radius 1 is 1.09 bits per heavy atom. The molecule has 134 valence electrons. The Hall–Kier alpha value is -0.260. The average Bonchev–Trinajstić information content (AvgIpc) is 2.57. The van der Waals surface area contributed by atoms with Crippen LogP contribution in [0.3, 0.4) is 0 Å². The molecule has 0 spiro atoms. The number of carbonyl (C=O) groups is 1. The molecule has 0 radical (unpaired) electrons. The molecule has 1 aliphatic heterocycles. The zero-order valence-corrected chi connectivity index (χ0v) is 15.1. The van der Waals surface area contributed by atoms with Gasteiger partial charge in [0.05, 0.1) is 6.10 Å². The molecule has 1 heterocycles. The van der Waals surface area contributed by atoms with Gasteiger partial charge in [0.1, 0.15) is 11.9 Å². The maximum atomic E-state index is 12.1. The second kappa shape index (κ2) is 9.28. The fourth-order valence-corrected chi connectivity index (χ4v) is 4.28. The first-order valence-corrected chi connectivity index (χ1v) is 10.3. The van der Waals surface area contributed by atoms with Crippen LogP contribution in [0, 0.1) is 5.92 Å². The monoisotopic (exact) mass is 348 g/mol. The van der Waals surface area contributed by atoms with E-state index in [1.807, 2.05) is 0 Å². The molecule has 1 saturated carbocycles. The van der Waals surface area contributed by atoms with Crippen molar-refractivity contribution in [2.45, 2.75) is 63.8 Å². The van der Waals surface area contributed by atoms with Crippen molar-refractivity contribution >= 4 is 13.4 Å². The number of carbonyl (C=O) groups excluding carboxylic acids is 1. The Bertz CT molecular complexity index is 405. The molecule has 1 atom stereocenters. The van der Waals surface area contributed by atoms with Crippen LogP contribution >= 0.6 is 7.60 Å². The standard InChI is InChI=1S/C16H29O6P/c1-19-23(18,20-2)12-14(17)11-13-6-8-15(9-7-13)22-16-5-3-4-10-21-16/h13,15-16H,3-12H2,1-2H3. The molecule has 6 nitrogen and oxygen atoms in total. The second-order valence-electron chi connectivity index (χ2n) is 6.45. The summed E-state index contributed by atoms with van der Waals surface area (Å²) in [6.45, 7) is 0.799. The van der Waals surface area contributed by atoms with Gasteiger partial charge in [0.2, 0.25) is 0 Å². The van der Waals surface area contributed by atoms with Gasteiger partial charge >= 0.3 is 7.60 Å². The largest absolute Gasteiger partial charge is 0.353 e. The molecular formula is C16H29O6P. The number of Topliss-reactive ketones (excluding diaryl/α,β-unsaturated/α-hetero) is 1. The molecule has 7 heteroatoms. The molecule has 0 aromatic heterocycles. The van der Waals surface area contributed by atoms with Crippen molar-refractivity contribution in [3.63, 3.8) is 0 Å². The van der Waals surface area contributed by atoms with Gasteiger partial charge in [-0.2, -0.15) is 0 Å². The van der Waals surface area contributed by atoms with Gasteiger partial charge in [-0.15, -0.1) is 0 Å². The van der Waals surface area contributed by atoms with Crippen molar-refractivity contribution in [2.24, 2.45) is 5.92 Å². The normalized spacial score (nSPS) is 29.4. The molecule has 0 bridgehead atoms. The summed E-state index contributed by atoms with van der Waals surface area (Å²) in [6, 6.07) is 0. The van der Waals surface area contributed by atoms with Gasteiger partial charge in [-0.1, -0.05) is 0 Å². The van der Waals surface area contributed by atoms with E-state index in [9.17, 15) is 9.36 Å². The lowest BCUT2D eigenvalue weighted by Crippen LogP contribution is -2.31. The third-order valence-electron chi connectivity index (χ3n) is 4.72. The van der Waals surface area contributed by atoms with Gasteiger partial charge in [0.25, 0.3) is 0 Å².